The molecular weight excluding hydrogens is 495 g/mol. The van der Waals surface area contributed by atoms with Crippen LogP contribution in [0, 0.1) is 23.3 Å². The van der Waals surface area contributed by atoms with E-state index in [0.717, 1.165) is 0 Å². The monoisotopic (exact) mass is 513 g/mol. The summed E-state index contributed by atoms with van der Waals surface area (Å²) in [4.78, 5) is 13.4. The summed E-state index contributed by atoms with van der Waals surface area (Å²) in [6.45, 7) is 1.26. The van der Waals surface area contributed by atoms with Gasteiger partial charge < -0.3 is 14.8 Å². The number of carbonyl (C=O) groups is 1. The standard InChI is InChI=1S/C25H18F7NO3/c1-2-35-23(34)24(14-11-7-4-8-12-14,22-21(36-22)13-9-5-3-6-10-13)33-20-18(28)16(26)15(25(30,31)32)17(27)19(20)29/h3-12,21-22,33H,2H2,1H3/t21-,22?,24?/m0/s1. The second kappa shape index (κ2) is 9.45. The van der Waals surface area contributed by atoms with Gasteiger partial charge in [-0.2, -0.15) is 13.2 Å². The Morgan fingerprint density at radius 2 is 1.42 bits per heavy atom. The van der Waals surface area contributed by atoms with Crippen LogP contribution in [0.15, 0.2) is 60.7 Å². The summed E-state index contributed by atoms with van der Waals surface area (Å²) in [5, 5.41) is 2.16. The normalized spacial score (nSPS) is 18.9. The molecule has 0 bridgehead atoms. The van der Waals surface area contributed by atoms with Crippen molar-refractivity contribution in [2.45, 2.75) is 30.8 Å². The van der Waals surface area contributed by atoms with Crippen molar-refractivity contribution in [1.82, 2.24) is 0 Å². The topological polar surface area (TPSA) is 50.9 Å². The summed E-state index contributed by atoms with van der Waals surface area (Å²) in [7, 11) is 0. The molecule has 1 fully saturated rings. The molecule has 190 valence electrons. The molecule has 1 N–H and O–H groups in total. The fourth-order valence-corrected chi connectivity index (χ4v) is 4.06. The van der Waals surface area contributed by atoms with Gasteiger partial charge in [0.25, 0.3) is 0 Å². The molecule has 3 aromatic rings. The second-order valence-electron chi connectivity index (χ2n) is 7.91. The maximum absolute atomic E-state index is 14.9. The van der Waals surface area contributed by atoms with Crippen molar-refractivity contribution < 1.29 is 45.0 Å². The molecule has 0 saturated carbocycles. The Labute approximate surface area is 200 Å². The molecule has 1 saturated heterocycles. The van der Waals surface area contributed by atoms with Crippen LogP contribution in [0.5, 0.6) is 0 Å². The van der Waals surface area contributed by atoms with Gasteiger partial charge in [-0.05, 0) is 18.1 Å². The third-order valence-corrected chi connectivity index (χ3v) is 5.74. The van der Waals surface area contributed by atoms with E-state index >= 15 is 0 Å². The molecule has 0 aliphatic carbocycles. The van der Waals surface area contributed by atoms with Crippen LogP contribution >= 0.6 is 0 Å². The van der Waals surface area contributed by atoms with Crippen LogP contribution in [0.25, 0.3) is 0 Å². The highest BCUT2D eigenvalue weighted by Gasteiger charge is 2.62. The SMILES string of the molecule is CCOC(=O)C(Nc1c(F)c(F)c(C(F)(F)F)c(F)c1F)(c1ccccc1)C1O[C@H]1c1ccccc1. The number of rotatable bonds is 7. The fourth-order valence-electron chi connectivity index (χ4n) is 4.06. The van der Waals surface area contributed by atoms with Gasteiger partial charge in [0.1, 0.15) is 23.5 Å². The molecule has 1 heterocycles. The van der Waals surface area contributed by atoms with Gasteiger partial charge in [0.05, 0.1) is 6.61 Å². The number of ether oxygens (including phenoxy) is 2. The van der Waals surface area contributed by atoms with Crippen LogP contribution < -0.4 is 5.32 Å². The Morgan fingerprint density at radius 3 is 1.92 bits per heavy atom. The minimum atomic E-state index is -5.72. The number of carbonyl (C=O) groups excluding carboxylic acids is 1. The first-order valence-corrected chi connectivity index (χ1v) is 10.7. The largest absolute Gasteiger partial charge is 0.464 e. The fraction of sp³-hybridized carbons (Fsp3) is 0.240. The van der Waals surface area contributed by atoms with E-state index in [1.54, 1.807) is 36.4 Å². The lowest BCUT2D eigenvalue weighted by atomic mass is 9.83. The number of hydrogen-bond acceptors (Lipinski definition) is 4. The molecule has 2 unspecified atom stereocenters. The van der Waals surface area contributed by atoms with Crippen LogP contribution in [0.1, 0.15) is 29.7 Å². The molecule has 0 amide bonds. The molecule has 36 heavy (non-hydrogen) atoms. The smallest absolute Gasteiger partial charge is 0.422 e. The van der Waals surface area contributed by atoms with E-state index in [4.69, 9.17) is 9.47 Å². The van der Waals surface area contributed by atoms with Crippen LogP contribution in [-0.4, -0.2) is 18.7 Å². The maximum atomic E-state index is 14.9. The molecule has 11 heteroatoms. The van der Waals surface area contributed by atoms with Crippen LogP contribution in [0.2, 0.25) is 0 Å². The highest BCUT2D eigenvalue weighted by molar-refractivity contribution is 5.88. The third-order valence-electron chi connectivity index (χ3n) is 5.74. The Hall–Kier alpha value is -3.60. The van der Waals surface area contributed by atoms with E-state index in [0.29, 0.717) is 5.56 Å². The number of anilines is 1. The Bertz CT molecular complexity index is 1240. The maximum Gasteiger partial charge on any atom is 0.422 e. The summed E-state index contributed by atoms with van der Waals surface area (Å²) in [6.07, 6.45) is -7.75. The highest BCUT2D eigenvalue weighted by atomic mass is 19.4. The zero-order valence-electron chi connectivity index (χ0n) is 18.5. The van der Waals surface area contributed by atoms with Gasteiger partial charge in [-0.25, -0.2) is 22.4 Å². The third kappa shape index (κ3) is 4.27. The zero-order chi connectivity index (χ0) is 26.3. The minimum absolute atomic E-state index is 0.0337. The molecule has 4 nitrogen and oxygen atoms in total. The Kier molecular flexibility index (Phi) is 6.70. The summed E-state index contributed by atoms with van der Waals surface area (Å²) in [5.74, 6) is -11.2. The molecule has 1 aliphatic heterocycles. The van der Waals surface area contributed by atoms with E-state index in [-0.39, 0.29) is 12.2 Å². The first kappa shape index (κ1) is 25.5. The lowest BCUT2D eigenvalue weighted by Crippen LogP contribution is -2.50. The van der Waals surface area contributed by atoms with Crippen LogP contribution in [0.3, 0.4) is 0 Å². The van der Waals surface area contributed by atoms with Crippen molar-refractivity contribution in [1.29, 1.82) is 0 Å². The van der Waals surface area contributed by atoms with Gasteiger partial charge in [0.15, 0.2) is 28.8 Å². The molecule has 4 rings (SSSR count). The van der Waals surface area contributed by atoms with E-state index in [1.165, 1.54) is 31.2 Å². The number of nitrogens with one attached hydrogen (secondary N) is 1. The number of alkyl halides is 3. The zero-order valence-corrected chi connectivity index (χ0v) is 18.5. The average Bonchev–Trinajstić information content (AvgIpc) is 3.65. The predicted octanol–water partition coefficient (Wildman–Crippen LogP) is 6.27. The number of epoxide rings is 1. The lowest BCUT2D eigenvalue weighted by Gasteiger charge is -2.33. The molecule has 0 spiro atoms. The summed E-state index contributed by atoms with van der Waals surface area (Å²) < 4.78 is 109. The molecule has 3 atom stereocenters. The molecule has 0 aromatic heterocycles. The van der Waals surface area contributed by atoms with Crippen molar-refractivity contribution in [2.75, 3.05) is 11.9 Å². The van der Waals surface area contributed by atoms with Crippen LogP contribution in [0.4, 0.5) is 36.4 Å². The van der Waals surface area contributed by atoms with Gasteiger partial charge in [0.2, 0.25) is 0 Å². The highest BCUT2D eigenvalue weighted by Crippen LogP contribution is 2.52. The van der Waals surface area contributed by atoms with Crippen molar-refractivity contribution >= 4 is 11.7 Å². The van der Waals surface area contributed by atoms with Gasteiger partial charge in [-0.1, -0.05) is 60.7 Å². The van der Waals surface area contributed by atoms with Crippen LogP contribution in [-0.2, 0) is 26.0 Å². The number of hydrogen-bond donors (Lipinski definition) is 1. The van der Waals surface area contributed by atoms with Gasteiger partial charge in [0, 0.05) is 0 Å². The molecule has 3 aromatic carbocycles. The van der Waals surface area contributed by atoms with Gasteiger partial charge >= 0.3 is 12.1 Å². The van der Waals surface area contributed by atoms with E-state index in [1.807, 2.05) is 0 Å². The van der Waals surface area contributed by atoms with Crippen molar-refractivity contribution in [3.63, 3.8) is 0 Å². The average molecular weight is 513 g/mol. The Balaban J connectivity index is 1.93. The van der Waals surface area contributed by atoms with E-state index in [9.17, 15) is 35.5 Å². The minimum Gasteiger partial charge on any atom is -0.464 e. The summed E-state index contributed by atoms with van der Waals surface area (Å²) >= 11 is 0. The van der Waals surface area contributed by atoms with Gasteiger partial charge in [-0.3, -0.25) is 0 Å². The molecule has 0 radical (unpaired) electrons. The summed E-state index contributed by atoms with van der Waals surface area (Å²) in [6, 6.07) is 15.7. The van der Waals surface area contributed by atoms with E-state index < -0.39 is 64.4 Å². The first-order chi connectivity index (χ1) is 17.0. The first-order valence-electron chi connectivity index (χ1n) is 10.7. The van der Waals surface area contributed by atoms with E-state index in [2.05, 4.69) is 5.32 Å². The number of esters is 1. The van der Waals surface area contributed by atoms with Gasteiger partial charge in [-0.15, -0.1) is 0 Å². The molecular formula is C25H18F7NO3. The number of halogens is 7. The number of benzene rings is 3. The molecule has 1 aliphatic rings. The quantitative estimate of drug-likeness (QED) is 0.175. The Morgan fingerprint density at radius 1 is 0.889 bits per heavy atom. The predicted molar refractivity (Wildman–Crippen MR) is 114 cm³/mol. The van der Waals surface area contributed by atoms with Crippen molar-refractivity contribution in [2.24, 2.45) is 0 Å². The second-order valence-corrected chi connectivity index (χ2v) is 7.91. The van der Waals surface area contributed by atoms with Crippen molar-refractivity contribution in [3.8, 4) is 0 Å². The summed E-state index contributed by atoms with van der Waals surface area (Å²) in [5.41, 5.74) is -6.03. The lowest BCUT2D eigenvalue weighted by molar-refractivity contribution is -0.150. The van der Waals surface area contributed by atoms with Crippen molar-refractivity contribution in [3.05, 3.63) is 101 Å².